The van der Waals surface area contributed by atoms with Crippen LogP contribution in [0.25, 0.3) is 6.08 Å². The molecule has 0 aliphatic rings. The standard InChI is InChI=1S/C23H23NO4S/c1-3-27-23(25)20(16-18-8-5-4-6-9-18)22(21-10-7-15-28-21)24-29(26)19-13-11-17(2)12-14-19/h4-16,22,24H,3H2,1-2H3/b20-16-/t22-,29+/m1/s1. The Kier molecular flexibility index (Phi) is 7.16. The van der Waals surface area contributed by atoms with Crippen LogP contribution in [0.3, 0.4) is 0 Å². The first-order chi connectivity index (χ1) is 14.1. The lowest BCUT2D eigenvalue weighted by molar-refractivity contribution is -0.138. The van der Waals surface area contributed by atoms with Crippen molar-refractivity contribution in [2.45, 2.75) is 24.8 Å². The van der Waals surface area contributed by atoms with Crippen molar-refractivity contribution in [2.75, 3.05) is 6.61 Å². The quantitative estimate of drug-likeness (QED) is 0.436. The maximum absolute atomic E-state index is 13.0. The molecule has 0 aliphatic heterocycles. The maximum atomic E-state index is 13.0. The van der Waals surface area contributed by atoms with Gasteiger partial charge >= 0.3 is 5.97 Å². The summed E-state index contributed by atoms with van der Waals surface area (Å²) in [4.78, 5) is 13.4. The van der Waals surface area contributed by atoms with Crippen molar-refractivity contribution in [3.05, 3.63) is 95.5 Å². The SMILES string of the molecule is CCOC(=O)/C(=C\c1ccccc1)[C@@H](N[S@@](=O)c1ccc(C)cc1)c1ccco1. The van der Waals surface area contributed by atoms with Crippen molar-refractivity contribution in [1.29, 1.82) is 0 Å². The molecule has 0 saturated carbocycles. The first kappa shape index (κ1) is 20.8. The number of rotatable bonds is 8. The first-order valence-corrected chi connectivity index (χ1v) is 10.4. The van der Waals surface area contributed by atoms with Crippen LogP contribution in [0.2, 0.25) is 0 Å². The summed E-state index contributed by atoms with van der Waals surface area (Å²) in [7, 11) is -1.56. The summed E-state index contributed by atoms with van der Waals surface area (Å²) in [5, 5.41) is 0. The predicted molar refractivity (Wildman–Crippen MR) is 113 cm³/mol. The monoisotopic (exact) mass is 409 g/mol. The summed E-state index contributed by atoms with van der Waals surface area (Å²) in [6.45, 7) is 3.95. The van der Waals surface area contributed by atoms with Crippen molar-refractivity contribution in [1.82, 2.24) is 4.72 Å². The number of hydrogen-bond acceptors (Lipinski definition) is 4. The van der Waals surface area contributed by atoms with Crippen LogP contribution in [0, 0.1) is 6.92 Å². The molecule has 0 unspecified atom stereocenters. The molecule has 5 nitrogen and oxygen atoms in total. The molecule has 6 heteroatoms. The van der Waals surface area contributed by atoms with Crippen molar-refractivity contribution in [2.24, 2.45) is 0 Å². The second-order valence-corrected chi connectivity index (χ2v) is 7.62. The molecule has 0 aliphatic carbocycles. The van der Waals surface area contributed by atoms with E-state index in [2.05, 4.69) is 4.72 Å². The summed E-state index contributed by atoms with van der Waals surface area (Å²) in [5.41, 5.74) is 2.22. The highest BCUT2D eigenvalue weighted by molar-refractivity contribution is 7.83. The number of nitrogens with one attached hydrogen (secondary N) is 1. The number of carbonyl (C=O) groups is 1. The second kappa shape index (κ2) is 10.0. The van der Waals surface area contributed by atoms with Gasteiger partial charge in [-0.15, -0.1) is 0 Å². The second-order valence-electron chi connectivity index (χ2n) is 6.38. The van der Waals surface area contributed by atoms with Gasteiger partial charge in [-0.1, -0.05) is 48.0 Å². The number of carbonyl (C=O) groups excluding carboxylic acids is 1. The number of benzene rings is 2. The number of ether oxygens (including phenoxy) is 1. The molecule has 0 fully saturated rings. The highest BCUT2D eigenvalue weighted by Gasteiger charge is 2.28. The van der Waals surface area contributed by atoms with Gasteiger partial charge in [0.25, 0.3) is 0 Å². The van der Waals surface area contributed by atoms with E-state index in [1.807, 2.05) is 49.4 Å². The van der Waals surface area contributed by atoms with Crippen molar-refractivity contribution >= 4 is 23.0 Å². The van der Waals surface area contributed by atoms with E-state index in [1.54, 1.807) is 37.3 Å². The van der Waals surface area contributed by atoms with Crippen LogP contribution in [0.15, 0.2) is 87.9 Å². The van der Waals surface area contributed by atoms with Crippen molar-refractivity contribution in [3.63, 3.8) is 0 Å². The molecule has 0 radical (unpaired) electrons. The number of furan rings is 1. The van der Waals surface area contributed by atoms with Gasteiger partial charge in [-0.05, 0) is 49.8 Å². The van der Waals surface area contributed by atoms with E-state index in [-0.39, 0.29) is 6.61 Å². The Balaban J connectivity index is 2.00. The summed E-state index contributed by atoms with van der Waals surface area (Å²) in [6.07, 6.45) is 3.24. The molecule has 0 spiro atoms. The van der Waals surface area contributed by atoms with E-state index >= 15 is 0 Å². The third kappa shape index (κ3) is 5.53. The molecule has 1 aromatic heterocycles. The lowest BCUT2D eigenvalue weighted by atomic mass is 10.0. The zero-order valence-corrected chi connectivity index (χ0v) is 17.1. The zero-order valence-electron chi connectivity index (χ0n) is 16.3. The topological polar surface area (TPSA) is 68.5 Å². The molecule has 0 amide bonds. The van der Waals surface area contributed by atoms with Gasteiger partial charge in [-0.3, -0.25) is 0 Å². The lowest BCUT2D eigenvalue weighted by Crippen LogP contribution is -2.29. The summed E-state index contributed by atoms with van der Waals surface area (Å²) in [6, 6.07) is 19.5. The van der Waals surface area contributed by atoms with Crippen LogP contribution in [-0.4, -0.2) is 16.8 Å². The predicted octanol–water partition coefficient (Wildman–Crippen LogP) is 4.59. The Bertz CT molecular complexity index is 979. The van der Waals surface area contributed by atoms with Gasteiger partial charge in [0.15, 0.2) is 0 Å². The maximum Gasteiger partial charge on any atom is 0.336 e. The molecular weight excluding hydrogens is 386 g/mol. The summed E-state index contributed by atoms with van der Waals surface area (Å²) in [5.74, 6) is -0.0214. The normalized spacial score (nSPS) is 13.7. The van der Waals surface area contributed by atoms with E-state index in [9.17, 15) is 9.00 Å². The van der Waals surface area contributed by atoms with Gasteiger partial charge in [-0.25, -0.2) is 13.7 Å². The average molecular weight is 410 g/mol. The number of esters is 1. The highest BCUT2D eigenvalue weighted by Crippen LogP contribution is 2.27. The van der Waals surface area contributed by atoms with Crippen LogP contribution < -0.4 is 4.72 Å². The largest absolute Gasteiger partial charge is 0.467 e. The van der Waals surface area contributed by atoms with Crippen molar-refractivity contribution < 1.29 is 18.2 Å². The Morgan fingerprint density at radius 2 is 1.83 bits per heavy atom. The first-order valence-electron chi connectivity index (χ1n) is 9.30. The van der Waals surface area contributed by atoms with Crippen molar-refractivity contribution in [3.8, 4) is 0 Å². The van der Waals surface area contributed by atoms with Gasteiger partial charge in [0.05, 0.1) is 23.3 Å². The molecular formula is C23H23NO4S. The summed E-state index contributed by atoms with van der Waals surface area (Å²) < 4.78 is 26.8. The minimum atomic E-state index is -1.56. The molecule has 0 saturated heterocycles. The van der Waals surface area contributed by atoms with Gasteiger partial charge in [0.2, 0.25) is 0 Å². The average Bonchev–Trinajstić information content (AvgIpc) is 3.26. The van der Waals surface area contributed by atoms with E-state index in [1.165, 1.54) is 6.26 Å². The Morgan fingerprint density at radius 3 is 2.45 bits per heavy atom. The van der Waals surface area contributed by atoms with Crippen LogP contribution >= 0.6 is 0 Å². The zero-order chi connectivity index (χ0) is 20.6. The smallest absolute Gasteiger partial charge is 0.336 e. The Morgan fingerprint density at radius 1 is 1.10 bits per heavy atom. The minimum absolute atomic E-state index is 0.233. The molecule has 3 aromatic rings. The Hall–Kier alpha value is -2.96. The molecule has 0 bridgehead atoms. The molecule has 1 N–H and O–H groups in total. The number of aryl methyl sites for hydroxylation is 1. The van der Waals surface area contributed by atoms with E-state index < -0.39 is 23.0 Å². The third-order valence-corrected chi connectivity index (χ3v) is 5.38. The van der Waals surface area contributed by atoms with E-state index in [4.69, 9.17) is 9.15 Å². The molecule has 2 atom stereocenters. The molecule has 29 heavy (non-hydrogen) atoms. The molecule has 150 valence electrons. The molecule has 2 aromatic carbocycles. The highest BCUT2D eigenvalue weighted by atomic mass is 32.2. The van der Waals surface area contributed by atoms with Crippen LogP contribution in [0.4, 0.5) is 0 Å². The van der Waals surface area contributed by atoms with E-state index in [0.717, 1.165) is 11.1 Å². The lowest BCUT2D eigenvalue weighted by Gasteiger charge is -2.19. The number of hydrogen-bond donors (Lipinski definition) is 1. The van der Waals surface area contributed by atoms with Gasteiger partial charge in [-0.2, -0.15) is 0 Å². The van der Waals surface area contributed by atoms with Gasteiger partial charge < -0.3 is 9.15 Å². The van der Waals surface area contributed by atoms with Gasteiger partial charge in [0, 0.05) is 0 Å². The fourth-order valence-corrected chi connectivity index (χ4v) is 3.75. The Labute approximate surface area is 173 Å². The van der Waals surface area contributed by atoms with Crippen LogP contribution in [0.5, 0.6) is 0 Å². The van der Waals surface area contributed by atoms with E-state index in [0.29, 0.717) is 16.2 Å². The van der Waals surface area contributed by atoms with Crippen LogP contribution in [-0.2, 0) is 20.5 Å². The minimum Gasteiger partial charge on any atom is -0.467 e. The van der Waals surface area contributed by atoms with Crippen LogP contribution in [0.1, 0.15) is 29.9 Å². The molecule has 3 rings (SSSR count). The fraction of sp³-hybridized carbons (Fsp3) is 0.174. The fourth-order valence-electron chi connectivity index (χ4n) is 2.77. The van der Waals surface area contributed by atoms with Gasteiger partial charge in [0.1, 0.15) is 22.8 Å². The molecule has 1 heterocycles. The third-order valence-electron chi connectivity index (χ3n) is 4.23. The summed E-state index contributed by atoms with van der Waals surface area (Å²) >= 11 is 0.